The molecule has 2 saturated heterocycles. The number of piperazine rings is 1. The monoisotopic (exact) mass is 277 g/mol. The third kappa shape index (κ3) is 3.96. The fraction of sp³-hybridized carbons (Fsp3) is 0.600. The van der Waals surface area contributed by atoms with Crippen molar-refractivity contribution < 1.29 is 0 Å². The molecule has 0 spiro atoms. The van der Waals surface area contributed by atoms with Gasteiger partial charge in [-0.1, -0.05) is 30.3 Å². The summed E-state index contributed by atoms with van der Waals surface area (Å²) >= 11 is 2.02. The van der Waals surface area contributed by atoms with Gasteiger partial charge in [0.15, 0.2) is 0 Å². The minimum Gasteiger partial charge on any atom is -0.303 e. The van der Waals surface area contributed by atoms with Crippen molar-refractivity contribution in [3.8, 4) is 0 Å². The minimum atomic E-state index is 0.714. The van der Waals surface area contributed by atoms with E-state index in [-0.39, 0.29) is 0 Å². The largest absolute Gasteiger partial charge is 0.303 e. The van der Waals surface area contributed by atoms with E-state index >= 15 is 0 Å². The fourth-order valence-electron chi connectivity index (χ4n) is 2.84. The zero-order valence-corrected chi connectivity index (χ0v) is 12.2. The number of hydrogen-bond acceptors (Lipinski definition) is 4. The molecule has 1 aromatic carbocycles. The van der Waals surface area contributed by atoms with Gasteiger partial charge in [-0.05, 0) is 5.56 Å². The Hall–Kier alpha value is -0.550. The van der Waals surface area contributed by atoms with Gasteiger partial charge in [0.2, 0.25) is 0 Å². The first-order chi connectivity index (χ1) is 9.40. The summed E-state index contributed by atoms with van der Waals surface area (Å²) in [6, 6.07) is 11.5. The van der Waals surface area contributed by atoms with Crippen molar-refractivity contribution in [3.63, 3.8) is 0 Å². The molecule has 1 aromatic rings. The van der Waals surface area contributed by atoms with Crippen LogP contribution in [0.3, 0.4) is 0 Å². The van der Waals surface area contributed by atoms with Gasteiger partial charge in [0, 0.05) is 56.9 Å². The maximum atomic E-state index is 3.56. The zero-order chi connectivity index (χ0) is 12.9. The minimum absolute atomic E-state index is 0.714. The van der Waals surface area contributed by atoms with Crippen LogP contribution in [0, 0.1) is 0 Å². The molecule has 4 heteroatoms. The van der Waals surface area contributed by atoms with Crippen LogP contribution in [0.4, 0.5) is 0 Å². The summed E-state index contributed by atoms with van der Waals surface area (Å²) in [7, 11) is 0. The van der Waals surface area contributed by atoms with Crippen molar-refractivity contribution in [3.05, 3.63) is 35.9 Å². The first-order valence-corrected chi connectivity index (χ1v) is 8.35. The van der Waals surface area contributed by atoms with Gasteiger partial charge in [-0.25, -0.2) is 0 Å². The molecule has 2 fully saturated rings. The predicted octanol–water partition coefficient (Wildman–Crippen LogP) is 1.47. The van der Waals surface area contributed by atoms with E-state index < -0.39 is 0 Å². The molecule has 0 amide bonds. The summed E-state index contributed by atoms with van der Waals surface area (Å²) in [5.74, 6) is 2.42. The topological polar surface area (TPSA) is 18.5 Å². The molecular formula is C15H23N3S. The number of nitrogens with one attached hydrogen (secondary N) is 1. The van der Waals surface area contributed by atoms with Gasteiger partial charge in [0.1, 0.15) is 0 Å². The third-order valence-electron chi connectivity index (χ3n) is 3.99. The Balaban J connectivity index is 1.41. The molecule has 0 saturated carbocycles. The van der Waals surface area contributed by atoms with Crippen LogP contribution in [0.15, 0.2) is 30.3 Å². The van der Waals surface area contributed by atoms with Gasteiger partial charge in [-0.2, -0.15) is 0 Å². The average molecular weight is 277 g/mol. The predicted molar refractivity (Wildman–Crippen MR) is 82.4 cm³/mol. The fourth-order valence-corrected chi connectivity index (χ4v) is 3.82. The quantitative estimate of drug-likeness (QED) is 0.898. The number of benzene rings is 1. The Bertz CT molecular complexity index is 370. The van der Waals surface area contributed by atoms with Crippen LogP contribution in [0.2, 0.25) is 0 Å². The molecule has 1 unspecified atom stereocenters. The van der Waals surface area contributed by atoms with Crippen LogP contribution in [0.1, 0.15) is 5.56 Å². The Kier molecular flexibility index (Phi) is 4.77. The van der Waals surface area contributed by atoms with Crippen LogP contribution in [0.25, 0.3) is 0 Å². The van der Waals surface area contributed by atoms with Crippen LogP contribution < -0.4 is 5.32 Å². The maximum Gasteiger partial charge on any atom is 0.0421 e. The summed E-state index contributed by atoms with van der Waals surface area (Å²) in [6.07, 6.45) is 0. The van der Waals surface area contributed by atoms with Gasteiger partial charge >= 0.3 is 0 Å². The highest BCUT2D eigenvalue weighted by Gasteiger charge is 2.21. The Labute approximate surface area is 120 Å². The number of hydrogen-bond donors (Lipinski definition) is 1. The first-order valence-electron chi connectivity index (χ1n) is 7.20. The molecule has 19 heavy (non-hydrogen) atoms. The Morgan fingerprint density at radius 2 is 1.79 bits per heavy atom. The smallest absolute Gasteiger partial charge is 0.0421 e. The van der Waals surface area contributed by atoms with Crippen molar-refractivity contribution in [2.45, 2.75) is 12.6 Å². The third-order valence-corrected chi connectivity index (χ3v) is 4.99. The Morgan fingerprint density at radius 1 is 1.05 bits per heavy atom. The molecule has 0 aromatic heterocycles. The maximum absolute atomic E-state index is 3.56. The lowest BCUT2D eigenvalue weighted by atomic mass is 10.2. The summed E-state index contributed by atoms with van der Waals surface area (Å²) < 4.78 is 0. The lowest BCUT2D eigenvalue weighted by Crippen LogP contribution is -2.49. The first kappa shape index (κ1) is 13.4. The molecule has 1 atom stereocenters. The summed E-state index contributed by atoms with van der Waals surface area (Å²) in [4.78, 5) is 5.19. The molecule has 2 heterocycles. The highest BCUT2D eigenvalue weighted by Crippen LogP contribution is 2.13. The van der Waals surface area contributed by atoms with Crippen molar-refractivity contribution in [2.75, 3.05) is 44.4 Å². The van der Waals surface area contributed by atoms with Crippen molar-refractivity contribution in [1.29, 1.82) is 0 Å². The molecule has 2 aliphatic heterocycles. The number of thioether (sulfide) groups is 1. The number of nitrogens with zero attached hydrogens (tertiary/aromatic N) is 2. The summed E-state index contributed by atoms with van der Waals surface area (Å²) in [5.41, 5.74) is 1.44. The van der Waals surface area contributed by atoms with Crippen molar-refractivity contribution >= 4 is 11.8 Å². The molecule has 1 N–H and O–H groups in total. The molecule has 0 bridgehead atoms. The lowest BCUT2D eigenvalue weighted by molar-refractivity contribution is 0.121. The van der Waals surface area contributed by atoms with E-state index in [1.807, 2.05) is 11.8 Å². The normalized spacial score (nSPS) is 25.8. The molecule has 0 aliphatic carbocycles. The molecule has 3 rings (SSSR count). The molecule has 0 radical (unpaired) electrons. The SMILES string of the molecule is c1ccc(CN2CCN(CC3CSCN3)CC2)cc1. The van der Waals surface area contributed by atoms with E-state index in [0.717, 1.165) is 12.4 Å². The van der Waals surface area contributed by atoms with Gasteiger partial charge in [-0.15, -0.1) is 11.8 Å². The van der Waals surface area contributed by atoms with Crippen molar-refractivity contribution in [2.24, 2.45) is 0 Å². The van der Waals surface area contributed by atoms with Gasteiger partial charge in [0.25, 0.3) is 0 Å². The second-order valence-electron chi connectivity index (χ2n) is 5.48. The number of rotatable bonds is 4. The van der Waals surface area contributed by atoms with E-state index in [1.165, 1.54) is 44.0 Å². The van der Waals surface area contributed by atoms with Crippen LogP contribution in [0.5, 0.6) is 0 Å². The zero-order valence-electron chi connectivity index (χ0n) is 11.4. The average Bonchev–Trinajstić information content (AvgIpc) is 2.95. The van der Waals surface area contributed by atoms with E-state index in [2.05, 4.69) is 45.4 Å². The van der Waals surface area contributed by atoms with Crippen LogP contribution in [-0.2, 0) is 6.54 Å². The van der Waals surface area contributed by atoms with E-state index in [0.29, 0.717) is 6.04 Å². The lowest BCUT2D eigenvalue weighted by Gasteiger charge is -2.35. The molecule has 3 nitrogen and oxygen atoms in total. The van der Waals surface area contributed by atoms with Gasteiger partial charge < -0.3 is 5.32 Å². The van der Waals surface area contributed by atoms with Crippen LogP contribution >= 0.6 is 11.8 Å². The van der Waals surface area contributed by atoms with Gasteiger partial charge in [-0.3, -0.25) is 9.80 Å². The summed E-state index contributed by atoms with van der Waals surface area (Å²) in [5, 5.41) is 3.56. The molecule has 104 valence electrons. The summed E-state index contributed by atoms with van der Waals surface area (Å²) in [6.45, 7) is 7.17. The van der Waals surface area contributed by atoms with Gasteiger partial charge in [0.05, 0.1) is 0 Å². The highest BCUT2D eigenvalue weighted by molar-refractivity contribution is 7.99. The second kappa shape index (κ2) is 6.75. The second-order valence-corrected chi connectivity index (χ2v) is 6.51. The highest BCUT2D eigenvalue weighted by atomic mass is 32.2. The molecular weight excluding hydrogens is 254 g/mol. The molecule has 2 aliphatic rings. The Morgan fingerprint density at radius 3 is 2.47 bits per heavy atom. The van der Waals surface area contributed by atoms with Crippen molar-refractivity contribution in [1.82, 2.24) is 15.1 Å². The van der Waals surface area contributed by atoms with Crippen LogP contribution in [-0.4, -0.2) is 60.2 Å². The standard InChI is InChI=1S/C15H23N3S/c1-2-4-14(5-3-1)10-17-6-8-18(9-7-17)11-15-12-19-13-16-15/h1-5,15-16H,6-13H2. The van der Waals surface area contributed by atoms with E-state index in [9.17, 15) is 0 Å². The van der Waals surface area contributed by atoms with E-state index in [1.54, 1.807) is 0 Å². The van der Waals surface area contributed by atoms with E-state index in [4.69, 9.17) is 0 Å².